The van der Waals surface area contributed by atoms with Crippen molar-refractivity contribution in [3.63, 3.8) is 0 Å². The van der Waals surface area contributed by atoms with E-state index < -0.39 is 0 Å². The highest BCUT2D eigenvalue weighted by Gasteiger charge is 2.18. The van der Waals surface area contributed by atoms with Crippen molar-refractivity contribution in [2.24, 2.45) is 7.05 Å². The van der Waals surface area contributed by atoms with E-state index in [9.17, 15) is 4.79 Å². The average molecular weight is 187 g/mol. The second-order valence-corrected chi connectivity index (χ2v) is 2.79. The van der Waals surface area contributed by atoms with E-state index in [1.54, 1.807) is 0 Å². The summed E-state index contributed by atoms with van der Waals surface area (Å²) in [5, 5.41) is 2.80. The zero-order chi connectivity index (χ0) is 7.84. The third-order valence-corrected chi connectivity index (χ3v) is 2.09. The Morgan fingerprint density at radius 3 is 3.00 bits per heavy atom. The number of hydrogen-bond donors (Lipinski definition) is 1. The molecule has 0 aromatic carbocycles. The molecular weight excluding hydrogens is 176 g/mol. The molecule has 0 spiro atoms. The normalized spacial score (nSPS) is 14.6. The quantitative estimate of drug-likeness (QED) is 0.637. The summed E-state index contributed by atoms with van der Waals surface area (Å²) < 4.78 is 2.01. The lowest BCUT2D eigenvalue weighted by Crippen LogP contribution is -2.31. The first-order valence-corrected chi connectivity index (χ1v) is 3.71. The molecule has 2 rings (SSSR count). The second-order valence-electron chi connectivity index (χ2n) is 2.79. The van der Waals surface area contributed by atoms with Gasteiger partial charge in [0.2, 0.25) is 0 Å². The molecule has 1 aliphatic rings. The highest BCUT2D eigenvalue weighted by Crippen LogP contribution is 2.13. The van der Waals surface area contributed by atoms with Crippen molar-refractivity contribution in [2.45, 2.75) is 6.42 Å². The maximum Gasteiger partial charge on any atom is 0.253 e. The van der Waals surface area contributed by atoms with E-state index in [4.69, 9.17) is 0 Å². The summed E-state index contributed by atoms with van der Waals surface area (Å²) in [6.45, 7) is 0.768. The van der Waals surface area contributed by atoms with E-state index in [2.05, 4.69) is 5.32 Å². The Morgan fingerprint density at radius 1 is 1.58 bits per heavy atom. The lowest BCUT2D eigenvalue weighted by atomic mass is 10.1. The molecule has 3 nitrogen and oxygen atoms in total. The first kappa shape index (κ1) is 9.13. The number of nitrogens with one attached hydrogen (secondary N) is 1. The minimum absolute atomic E-state index is 0. The Hall–Kier alpha value is -0.960. The van der Waals surface area contributed by atoms with Crippen LogP contribution in [-0.2, 0) is 13.5 Å². The van der Waals surface area contributed by atoms with Crippen LogP contribution in [0, 0.1) is 0 Å². The van der Waals surface area contributed by atoms with Gasteiger partial charge in [0.15, 0.2) is 0 Å². The van der Waals surface area contributed by atoms with Crippen molar-refractivity contribution in [1.82, 2.24) is 9.88 Å². The summed E-state index contributed by atoms with van der Waals surface area (Å²) in [5.74, 6) is 0.0619. The molecule has 0 aliphatic carbocycles. The minimum Gasteiger partial charge on any atom is -0.354 e. The van der Waals surface area contributed by atoms with Crippen molar-refractivity contribution in [3.8, 4) is 0 Å². The molecule has 0 saturated carbocycles. The Labute approximate surface area is 77.2 Å². The smallest absolute Gasteiger partial charge is 0.253 e. The molecule has 1 aliphatic heterocycles. The third kappa shape index (κ3) is 1.20. The van der Waals surface area contributed by atoms with Gasteiger partial charge < -0.3 is 9.88 Å². The van der Waals surface area contributed by atoms with Crippen molar-refractivity contribution in [3.05, 3.63) is 23.5 Å². The van der Waals surface area contributed by atoms with E-state index in [-0.39, 0.29) is 18.3 Å². The van der Waals surface area contributed by atoms with Crippen molar-refractivity contribution in [2.75, 3.05) is 6.54 Å². The zero-order valence-electron chi connectivity index (χ0n) is 6.83. The van der Waals surface area contributed by atoms with Gasteiger partial charge in [0.25, 0.3) is 5.91 Å². The van der Waals surface area contributed by atoms with Crippen LogP contribution in [0.4, 0.5) is 0 Å². The molecule has 4 heteroatoms. The highest BCUT2D eigenvalue weighted by atomic mass is 35.5. The molecule has 0 atom stereocenters. The van der Waals surface area contributed by atoms with E-state index in [0.717, 1.165) is 24.2 Å². The molecule has 0 radical (unpaired) electrons. The van der Waals surface area contributed by atoms with Gasteiger partial charge in [-0.2, -0.15) is 0 Å². The number of aryl methyl sites for hydroxylation is 1. The number of fused-ring (bicyclic) bond motifs is 1. The molecule has 1 aromatic rings. The standard InChI is InChI=1S/C8H10N2O.ClH/c1-10-5-3-6-7(10)2-4-9-8(6)11;/h3,5H,2,4H2,1H3,(H,9,11);1H. The Balaban J connectivity index is 0.000000720. The summed E-state index contributed by atoms with van der Waals surface area (Å²) in [7, 11) is 1.97. The van der Waals surface area contributed by atoms with Crippen LogP contribution < -0.4 is 5.32 Å². The summed E-state index contributed by atoms with van der Waals surface area (Å²) >= 11 is 0. The second kappa shape index (κ2) is 3.19. The van der Waals surface area contributed by atoms with Crippen molar-refractivity contribution in [1.29, 1.82) is 0 Å². The Bertz CT molecular complexity index is 306. The topological polar surface area (TPSA) is 34.0 Å². The number of aromatic nitrogens is 1. The third-order valence-electron chi connectivity index (χ3n) is 2.09. The van der Waals surface area contributed by atoms with Crippen LogP contribution in [0.15, 0.2) is 12.3 Å². The van der Waals surface area contributed by atoms with Gasteiger partial charge in [-0.05, 0) is 6.07 Å². The van der Waals surface area contributed by atoms with Crippen molar-refractivity contribution >= 4 is 18.3 Å². The number of halogens is 1. The van der Waals surface area contributed by atoms with Crippen LogP contribution in [0.5, 0.6) is 0 Å². The molecule has 0 saturated heterocycles. The number of hydrogen-bond acceptors (Lipinski definition) is 1. The lowest BCUT2D eigenvalue weighted by molar-refractivity contribution is 0.0945. The highest BCUT2D eigenvalue weighted by molar-refractivity contribution is 5.96. The van der Waals surface area contributed by atoms with Crippen LogP contribution in [0.3, 0.4) is 0 Å². The van der Waals surface area contributed by atoms with Crippen LogP contribution in [-0.4, -0.2) is 17.0 Å². The molecule has 2 heterocycles. The maximum atomic E-state index is 11.2. The monoisotopic (exact) mass is 186 g/mol. The van der Waals surface area contributed by atoms with E-state index in [1.165, 1.54) is 0 Å². The van der Waals surface area contributed by atoms with Gasteiger partial charge in [0.05, 0.1) is 5.56 Å². The van der Waals surface area contributed by atoms with Gasteiger partial charge in [-0.15, -0.1) is 12.4 Å². The zero-order valence-corrected chi connectivity index (χ0v) is 7.65. The molecule has 1 N–H and O–H groups in total. The van der Waals surface area contributed by atoms with Gasteiger partial charge in [-0.1, -0.05) is 0 Å². The first-order valence-electron chi connectivity index (χ1n) is 3.71. The van der Waals surface area contributed by atoms with Gasteiger partial charge in [-0.25, -0.2) is 0 Å². The van der Waals surface area contributed by atoms with E-state index >= 15 is 0 Å². The summed E-state index contributed by atoms with van der Waals surface area (Å²) in [4.78, 5) is 11.2. The number of carbonyl (C=O) groups excluding carboxylic acids is 1. The fraction of sp³-hybridized carbons (Fsp3) is 0.375. The summed E-state index contributed by atoms with van der Waals surface area (Å²) in [6.07, 6.45) is 2.88. The van der Waals surface area contributed by atoms with Crippen LogP contribution >= 0.6 is 12.4 Å². The predicted molar refractivity (Wildman–Crippen MR) is 48.7 cm³/mol. The SMILES string of the molecule is Cl.Cn1ccc2c1CCNC2=O. The number of amides is 1. The molecule has 12 heavy (non-hydrogen) atoms. The van der Waals surface area contributed by atoms with E-state index in [1.807, 2.05) is 23.9 Å². The molecule has 1 amide bonds. The molecule has 0 unspecified atom stereocenters. The summed E-state index contributed by atoms with van der Waals surface area (Å²) in [6, 6.07) is 1.86. The fourth-order valence-corrected chi connectivity index (χ4v) is 1.47. The lowest BCUT2D eigenvalue weighted by Gasteiger charge is -2.13. The molecular formula is C8H11ClN2O. The number of rotatable bonds is 0. The number of nitrogens with zero attached hydrogens (tertiary/aromatic N) is 1. The molecule has 0 fully saturated rings. The first-order chi connectivity index (χ1) is 5.29. The Kier molecular flexibility index (Phi) is 2.43. The van der Waals surface area contributed by atoms with E-state index in [0.29, 0.717) is 0 Å². The van der Waals surface area contributed by atoms with Crippen LogP contribution in [0.2, 0.25) is 0 Å². The largest absolute Gasteiger partial charge is 0.354 e. The fourth-order valence-electron chi connectivity index (χ4n) is 1.47. The molecule has 0 bridgehead atoms. The van der Waals surface area contributed by atoms with Gasteiger partial charge in [-0.3, -0.25) is 4.79 Å². The minimum atomic E-state index is 0. The van der Waals surface area contributed by atoms with Gasteiger partial charge in [0, 0.05) is 31.9 Å². The molecule has 1 aromatic heterocycles. The van der Waals surface area contributed by atoms with Gasteiger partial charge >= 0.3 is 0 Å². The van der Waals surface area contributed by atoms with Crippen LogP contribution in [0.25, 0.3) is 0 Å². The maximum absolute atomic E-state index is 11.2. The summed E-state index contributed by atoms with van der Waals surface area (Å²) in [5.41, 5.74) is 1.98. The van der Waals surface area contributed by atoms with Gasteiger partial charge in [0.1, 0.15) is 0 Å². The van der Waals surface area contributed by atoms with Crippen molar-refractivity contribution < 1.29 is 4.79 Å². The van der Waals surface area contributed by atoms with Crippen LogP contribution in [0.1, 0.15) is 16.1 Å². The molecule has 66 valence electrons. The average Bonchev–Trinajstić information content (AvgIpc) is 2.35. The predicted octanol–water partition coefficient (Wildman–Crippen LogP) is 0.733. The Morgan fingerprint density at radius 2 is 2.33 bits per heavy atom. The number of carbonyl (C=O) groups is 1.